The predicted molar refractivity (Wildman–Crippen MR) is 196 cm³/mol. The van der Waals surface area contributed by atoms with Gasteiger partial charge in [0.1, 0.15) is 31.0 Å². The number of aliphatic hydroxyl groups excluding tert-OH is 3. The summed E-state index contributed by atoms with van der Waals surface area (Å²) in [7, 11) is 6.60. The van der Waals surface area contributed by atoms with Crippen LogP contribution in [-0.4, -0.2) is 155 Å². The maximum Gasteiger partial charge on any atom is 0.311 e. The van der Waals surface area contributed by atoms with Crippen molar-refractivity contribution in [2.45, 2.75) is 179 Å². The molecule has 18 atom stereocenters. The van der Waals surface area contributed by atoms with E-state index in [4.69, 9.17) is 33.3 Å². The Kier molecular flexibility index (Phi) is 15.7. The number of hydrogen-bond acceptors (Lipinski definition) is 15. The number of hydrogen-bond donors (Lipinski definition) is 5. The van der Waals surface area contributed by atoms with E-state index in [0.717, 1.165) is 0 Å². The van der Waals surface area contributed by atoms with E-state index in [9.17, 15) is 30.3 Å². The van der Waals surface area contributed by atoms with Crippen LogP contribution in [0.4, 0.5) is 0 Å². The molecule has 3 rings (SSSR count). The van der Waals surface area contributed by atoms with Gasteiger partial charge in [-0.15, -0.1) is 0 Å². The van der Waals surface area contributed by atoms with E-state index < -0.39 is 102 Å². The van der Waals surface area contributed by atoms with E-state index in [1.54, 1.807) is 48.5 Å². The molecule has 3 aliphatic heterocycles. The van der Waals surface area contributed by atoms with Crippen LogP contribution in [0.15, 0.2) is 5.16 Å². The average Bonchev–Trinajstić information content (AvgIpc) is 3.08. The number of carbonyl (C=O) groups is 1. The van der Waals surface area contributed by atoms with Crippen LogP contribution in [0.25, 0.3) is 0 Å². The van der Waals surface area contributed by atoms with Crippen LogP contribution < -0.4 is 0 Å². The number of rotatable bonds is 8. The molecule has 0 spiro atoms. The largest absolute Gasteiger partial charge is 0.459 e. The minimum Gasteiger partial charge on any atom is -0.459 e. The Morgan fingerprint density at radius 3 is 2.08 bits per heavy atom. The molecule has 0 saturated carbocycles. The maximum atomic E-state index is 14.2. The molecule has 3 heterocycles. The van der Waals surface area contributed by atoms with Crippen molar-refractivity contribution >= 4 is 11.7 Å². The van der Waals surface area contributed by atoms with Crippen molar-refractivity contribution in [3.05, 3.63) is 0 Å². The molecule has 0 bridgehead atoms. The summed E-state index contributed by atoms with van der Waals surface area (Å²) < 4.78 is 37.4. The Balaban J connectivity index is 2.23. The van der Waals surface area contributed by atoms with E-state index in [1.807, 2.05) is 32.8 Å². The summed E-state index contributed by atoms with van der Waals surface area (Å²) in [5.41, 5.74) is -4.30. The summed E-state index contributed by atoms with van der Waals surface area (Å²) in [6, 6.07) is -0.306. The van der Waals surface area contributed by atoms with Gasteiger partial charge >= 0.3 is 5.97 Å². The Hall–Kier alpha value is -1.50. The first-order valence-electron chi connectivity index (χ1n) is 19.1. The molecule has 15 heteroatoms. The van der Waals surface area contributed by atoms with E-state index in [1.165, 1.54) is 21.1 Å². The van der Waals surface area contributed by atoms with Gasteiger partial charge in [-0.3, -0.25) is 4.79 Å². The van der Waals surface area contributed by atoms with Crippen LogP contribution in [0.5, 0.6) is 0 Å². The number of likely N-dealkylation sites (N-methyl/N-ethyl adjacent to an activating group) is 1. The fourth-order valence-corrected chi connectivity index (χ4v) is 8.70. The van der Waals surface area contributed by atoms with Crippen LogP contribution in [0.1, 0.15) is 94.9 Å². The van der Waals surface area contributed by atoms with Crippen molar-refractivity contribution in [1.82, 2.24) is 4.90 Å². The summed E-state index contributed by atoms with van der Waals surface area (Å²) in [6.45, 7) is 17.0. The lowest BCUT2D eigenvalue weighted by molar-refractivity contribution is -0.317. The van der Waals surface area contributed by atoms with Crippen molar-refractivity contribution < 1.29 is 63.6 Å². The number of cyclic esters (lactones) is 1. The van der Waals surface area contributed by atoms with Crippen LogP contribution in [0.2, 0.25) is 0 Å². The molecule has 0 radical (unpaired) electrons. The van der Waals surface area contributed by atoms with E-state index in [0.29, 0.717) is 12.1 Å². The molecule has 0 aromatic carbocycles. The van der Waals surface area contributed by atoms with Crippen molar-refractivity contribution in [3.63, 3.8) is 0 Å². The first-order valence-corrected chi connectivity index (χ1v) is 19.1. The lowest BCUT2D eigenvalue weighted by atomic mass is 9.73. The van der Waals surface area contributed by atoms with Gasteiger partial charge in [0.2, 0.25) is 0 Å². The molecular formula is C38H70N2O13. The fraction of sp³-hybridized carbons (Fsp3) is 0.947. The maximum absolute atomic E-state index is 14.2. The monoisotopic (exact) mass is 762 g/mol. The van der Waals surface area contributed by atoms with Gasteiger partial charge in [0, 0.05) is 37.3 Å². The molecule has 0 aliphatic carbocycles. The second-order valence-corrected chi connectivity index (χ2v) is 16.8. The van der Waals surface area contributed by atoms with Gasteiger partial charge in [0.05, 0.1) is 53.4 Å². The molecule has 3 saturated heterocycles. The molecule has 5 N–H and O–H groups in total. The summed E-state index contributed by atoms with van der Waals surface area (Å²) in [6.07, 6.45) is -9.08. The third kappa shape index (κ3) is 10.1. The normalized spacial score (nSPS) is 49.0. The molecule has 0 amide bonds. The number of carbonyl (C=O) groups excluding carboxylic acids is 1. The van der Waals surface area contributed by atoms with Crippen LogP contribution in [0, 0.1) is 23.7 Å². The summed E-state index contributed by atoms with van der Waals surface area (Å²) in [5, 5.41) is 62.8. The van der Waals surface area contributed by atoms with Crippen LogP contribution in [-0.2, 0) is 38.1 Å². The highest BCUT2D eigenvalue weighted by molar-refractivity contribution is 5.88. The summed E-state index contributed by atoms with van der Waals surface area (Å²) in [4.78, 5) is 21.3. The first-order chi connectivity index (χ1) is 24.5. The summed E-state index contributed by atoms with van der Waals surface area (Å²) >= 11 is 0. The zero-order valence-corrected chi connectivity index (χ0v) is 34.4. The standard InChI is InChI=1S/C38H70N2O13/c1-15-26-38(10,46)31(42)21(4)28(39-48-14)19(2)17-36(8,45)33(53-35-29(41)25(40(11)12)16-20(3)49-35)22(5)30(23(6)34(44)51-26)52-27-18-37(9,47-13)32(43)24(7)50-27/h19-27,29-33,35,41-43,45-46H,15-18H2,1-14H3/b39-28+/t19-,20-,21+,22+,23-,24+,25+,26-,27+,29-,30?,31-,32+,33-,35+,36-,37-,38-/m1/s1. The second kappa shape index (κ2) is 18.2. The number of esters is 1. The van der Waals surface area contributed by atoms with Crippen molar-refractivity contribution in [2.24, 2.45) is 28.8 Å². The van der Waals surface area contributed by atoms with Crippen molar-refractivity contribution in [3.8, 4) is 0 Å². The molecule has 0 aromatic heterocycles. The number of nitrogens with zero attached hydrogens (tertiary/aromatic N) is 2. The third-order valence-electron chi connectivity index (χ3n) is 12.1. The zero-order valence-electron chi connectivity index (χ0n) is 34.4. The SMILES string of the molecule is CC[C@H]1OC(=O)[C@H](C)C(O[C@H]2C[C@@](C)(OC)[C@@H](O)[C@H](C)O2)[C@H](C)[C@@H](O[C@@H]2O[C@H](C)C[C@H](N(C)C)[C@H]2O)[C@](C)(O)C[C@@H](C)/C(=N\OC)[C@H](C)[C@@H](O)[C@]1(C)O. The minimum absolute atomic E-state index is 0.0204. The number of ether oxygens (including phenoxy) is 6. The first kappa shape index (κ1) is 45.9. The lowest BCUT2D eigenvalue weighted by Crippen LogP contribution is -2.61. The highest BCUT2D eigenvalue weighted by Crippen LogP contribution is 2.41. The molecule has 3 aliphatic rings. The molecule has 53 heavy (non-hydrogen) atoms. The Morgan fingerprint density at radius 1 is 0.906 bits per heavy atom. The molecule has 1 unspecified atom stereocenters. The minimum atomic E-state index is -1.91. The molecule has 0 aromatic rings. The van der Waals surface area contributed by atoms with Crippen molar-refractivity contribution in [2.75, 3.05) is 28.3 Å². The van der Waals surface area contributed by atoms with Crippen LogP contribution >= 0.6 is 0 Å². The van der Waals surface area contributed by atoms with E-state index in [2.05, 4.69) is 5.16 Å². The average molecular weight is 763 g/mol. The Morgan fingerprint density at radius 2 is 1.53 bits per heavy atom. The second-order valence-electron chi connectivity index (χ2n) is 16.8. The van der Waals surface area contributed by atoms with Gasteiger partial charge in [0.15, 0.2) is 12.6 Å². The fourth-order valence-electron chi connectivity index (χ4n) is 8.70. The highest BCUT2D eigenvalue weighted by atomic mass is 16.7. The smallest absolute Gasteiger partial charge is 0.311 e. The predicted octanol–water partition coefficient (Wildman–Crippen LogP) is 2.22. The van der Waals surface area contributed by atoms with Gasteiger partial charge in [-0.05, 0) is 74.9 Å². The number of oxime groups is 1. The summed E-state index contributed by atoms with van der Waals surface area (Å²) in [5.74, 6) is -3.90. The van der Waals surface area contributed by atoms with Gasteiger partial charge < -0.3 is 63.7 Å². The Labute approximate surface area is 316 Å². The van der Waals surface area contributed by atoms with Gasteiger partial charge in [-0.1, -0.05) is 32.9 Å². The topological polar surface area (TPSA) is 198 Å². The third-order valence-corrected chi connectivity index (χ3v) is 12.1. The van der Waals surface area contributed by atoms with Gasteiger partial charge in [-0.2, -0.15) is 0 Å². The lowest BCUT2D eigenvalue weighted by Gasteiger charge is -2.49. The quantitative estimate of drug-likeness (QED) is 0.178. The number of methoxy groups -OCH3 is 1. The van der Waals surface area contributed by atoms with Crippen LogP contribution in [0.3, 0.4) is 0 Å². The van der Waals surface area contributed by atoms with E-state index in [-0.39, 0.29) is 31.4 Å². The molecular weight excluding hydrogens is 692 g/mol. The van der Waals surface area contributed by atoms with Gasteiger partial charge in [0.25, 0.3) is 0 Å². The molecule has 15 nitrogen and oxygen atoms in total. The van der Waals surface area contributed by atoms with Crippen molar-refractivity contribution in [1.29, 1.82) is 0 Å². The Bertz CT molecular complexity index is 1220. The molecule has 3 fully saturated rings. The number of aliphatic hydroxyl groups is 5. The van der Waals surface area contributed by atoms with Gasteiger partial charge in [-0.25, -0.2) is 0 Å². The zero-order chi connectivity index (χ0) is 40.4. The molecule has 310 valence electrons. The highest BCUT2D eigenvalue weighted by Gasteiger charge is 2.53. The van der Waals surface area contributed by atoms with E-state index >= 15 is 0 Å².